The summed E-state index contributed by atoms with van der Waals surface area (Å²) in [6.45, 7) is 1.44. The molecule has 3 heterocycles. The minimum atomic E-state index is -4.61. The zero-order valence-corrected chi connectivity index (χ0v) is 23.2. The number of amides is 4. The monoisotopic (exact) mass is 593 g/mol. The van der Waals surface area contributed by atoms with Crippen LogP contribution in [0.4, 0.5) is 23.8 Å². The average Bonchev–Trinajstić information content (AvgIpc) is 3.58. The Morgan fingerprint density at radius 2 is 2.05 bits per heavy atom. The second-order valence-electron chi connectivity index (χ2n) is 10.3. The number of ether oxygens (including phenoxy) is 1. The normalized spacial score (nSPS) is 22.4. The number of methoxy groups -OCH3 is 1. The lowest BCUT2D eigenvalue weighted by Crippen LogP contribution is -2.49. The standard InChI is InChI=1S/C26H30F3N7O4S/c1-14-3-5-15(6-4-14)22(35-23(37)17-13-41-21(10-30)32-17)24(38)34-20-9-16(7-8-31-20)18(12-40-2)36-11-19(26(27,28)29)33-25(36)39/h7-9,13-15,18-19,22H,3-6,11-12H2,1-2H3,(H,33,39)(H,35,37)(H,31,34,38)/t14?,15?,18?,19-,22?/m0/s1. The van der Waals surface area contributed by atoms with Crippen LogP contribution in [0.15, 0.2) is 23.7 Å². The Kier molecular flexibility index (Phi) is 9.44. The molecule has 0 radical (unpaired) electrons. The van der Waals surface area contributed by atoms with E-state index in [1.807, 2.05) is 11.4 Å². The molecule has 41 heavy (non-hydrogen) atoms. The predicted octanol–water partition coefficient (Wildman–Crippen LogP) is 3.62. The van der Waals surface area contributed by atoms with Gasteiger partial charge in [-0.05, 0) is 42.4 Å². The SMILES string of the molecule is COCC(c1ccnc(NC(=O)C(NC(=O)c2csc(C#N)n2)C2CCC(C)CC2)c1)N1C[C@@H](C(F)(F)F)NC1=O. The van der Waals surface area contributed by atoms with Crippen LogP contribution in [0.3, 0.4) is 0 Å². The molecule has 2 aromatic rings. The molecule has 3 N–H and O–H groups in total. The molecule has 2 aromatic heterocycles. The second kappa shape index (κ2) is 12.8. The van der Waals surface area contributed by atoms with Crippen molar-refractivity contribution in [3.05, 3.63) is 40.0 Å². The summed E-state index contributed by atoms with van der Waals surface area (Å²) in [5.74, 6) is -0.649. The van der Waals surface area contributed by atoms with E-state index < -0.39 is 48.7 Å². The molecule has 1 saturated carbocycles. The molecule has 1 aliphatic carbocycles. The molecule has 15 heteroatoms. The van der Waals surface area contributed by atoms with Crippen LogP contribution in [0.25, 0.3) is 0 Å². The van der Waals surface area contributed by atoms with Crippen molar-refractivity contribution in [1.29, 1.82) is 5.26 Å². The van der Waals surface area contributed by atoms with Gasteiger partial charge in [0.25, 0.3) is 5.91 Å². The van der Waals surface area contributed by atoms with Gasteiger partial charge in [-0.3, -0.25) is 9.59 Å². The highest BCUT2D eigenvalue weighted by Crippen LogP contribution is 2.32. The van der Waals surface area contributed by atoms with Gasteiger partial charge in [-0.25, -0.2) is 14.8 Å². The Labute approximate surface area is 238 Å². The summed E-state index contributed by atoms with van der Waals surface area (Å²) in [6.07, 6.45) is -0.0185. The number of carbonyl (C=O) groups is 3. The van der Waals surface area contributed by atoms with Crippen LogP contribution < -0.4 is 16.0 Å². The van der Waals surface area contributed by atoms with Crippen molar-refractivity contribution >= 4 is 35.0 Å². The van der Waals surface area contributed by atoms with Crippen molar-refractivity contribution in [3.8, 4) is 6.07 Å². The number of pyridine rings is 1. The summed E-state index contributed by atoms with van der Waals surface area (Å²) in [5, 5.41) is 18.1. The Morgan fingerprint density at radius 3 is 2.66 bits per heavy atom. The van der Waals surface area contributed by atoms with Crippen LogP contribution in [0.1, 0.15) is 59.7 Å². The number of nitrogens with one attached hydrogen (secondary N) is 3. The highest BCUT2D eigenvalue weighted by atomic mass is 32.1. The summed E-state index contributed by atoms with van der Waals surface area (Å²) in [7, 11) is 1.37. The fourth-order valence-corrected chi connectivity index (χ4v) is 5.71. The third kappa shape index (κ3) is 7.31. The lowest BCUT2D eigenvalue weighted by molar-refractivity contribution is -0.150. The number of hydrogen-bond donors (Lipinski definition) is 3. The number of aromatic nitrogens is 2. The number of urea groups is 1. The van der Waals surface area contributed by atoms with Gasteiger partial charge >= 0.3 is 12.2 Å². The first-order chi connectivity index (χ1) is 19.5. The van der Waals surface area contributed by atoms with E-state index in [1.165, 1.54) is 30.8 Å². The Balaban J connectivity index is 1.53. The zero-order valence-electron chi connectivity index (χ0n) is 22.4. The van der Waals surface area contributed by atoms with Crippen LogP contribution in [0.2, 0.25) is 0 Å². The number of thiazole rings is 1. The van der Waals surface area contributed by atoms with Gasteiger partial charge in [0, 0.05) is 18.7 Å². The molecule has 2 fully saturated rings. The van der Waals surface area contributed by atoms with Crippen molar-refractivity contribution in [1.82, 2.24) is 25.5 Å². The molecular formula is C26H30F3N7O4S. The Bertz CT molecular complexity index is 1310. The molecule has 2 aliphatic rings. The molecule has 1 aliphatic heterocycles. The molecule has 220 valence electrons. The number of rotatable bonds is 9. The largest absolute Gasteiger partial charge is 0.410 e. The van der Waals surface area contributed by atoms with Crippen molar-refractivity contribution in [2.75, 3.05) is 25.6 Å². The summed E-state index contributed by atoms with van der Waals surface area (Å²) >= 11 is 1.02. The van der Waals surface area contributed by atoms with Crippen molar-refractivity contribution in [3.63, 3.8) is 0 Å². The van der Waals surface area contributed by atoms with E-state index in [2.05, 4.69) is 27.5 Å². The first-order valence-electron chi connectivity index (χ1n) is 13.1. The predicted molar refractivity (Wildman–Crippen MR) is 142 cm³/mol. The maximum Gasteiger partial charge on any atom is 0.410 e. The fourth-order valence-electron chi connectivity index (χ4n) is 5.12. The fraction of sp³-hybridized carbons (Fsp3) is 0.538. The van der Waals surface area contributed by atoms with Crippen LogP contribution >= 0.6 is 11.3 Å². The number of anilines is 1. The summed E-state index contributed by atoms with van der Waals surface area (Å²) < 4.78 is 45.0. The third-order valence-electron chi connectivity index (χ3n) is 7.39. The van der Waals surface area contributed by atoms with Crippen molar-refractivity contribution < 1.29 is 32.3 Å². The van der Waals surface area contributed by atoms with E-state index in [1.54, 1.807) is 0 Å². The smallest absolute Gasteiger partial charge is 0.382 e. The van der Waals surface area contributed by atoms with Gasteiger partial charge in [0.15, 0.2) is 5.01 Å². The molecule has 11 nitrogen and oxygen atoms in total. The summed E-state index contributed by atoms with van der Waals surface area (Å²) in [4.78, 5) is 48.1. The van der Waals surface area contributed by atoms with E-state index >= 15 is 0 Å². The number of alkyl halides is 3. The lowest BCUT2D eigenvalue weighted by atomic mass is 9.79. The molecule has 4 amide bonds. The van der Waals surface area contributed by atoms with Crippen LogP contribution in [-0.2, 0) is 9.53 Å². The van der Waals surface area contributed by atoms with Gasteiger partial charge in [-0.2, -0.15) is 18.4 Å². The van der Waals surface area contributed by atoms with Gasteiger partial charge in [0.1, 0.15) is 29.7 Å². The van der Waals surface area contributed by atoms with E-state index in [9.17, 15) is 27.6 Å². The topological polar surface area (TPSA) is 149 Å². The number of carbonyl (C=O) groups excluding carboxylic acids is 3. The number of hydrogen-bond acceptors (Lipinski definition) is 8. The van der Waals surface area contributed by atoms with Crippen LogP contribution in [-0.4, -0.2) is 71.2 Å². The number of nitriles is 1. The average molecular weight is 594 g/mol. The molecule has 2 unspecified atom stereocenters. The minimum Gasteiger partial charge on any atom is -0.382 e. The number of nitrogens with zero attached hydrogens (tertiary/aromatic N) is 4. The van der Waals surface area contributed by atoms with Gasteiger partial charge in [0.2, 0.25) is 5.91 Å². The molecule has 0 spiro atoms. The quantitative estimate of drug-likeness (QED) is 0.402. The van der Waals surface area contributed by atoms with Gasteiger partial charge in [-0.1, -0.05) is 19.8 Å². The maximum absolute atomic E-state index is 13.5. The highest BCUT2D eigenvalue weighted by molar-refractivity contribution is 7.10. The van der Waals surface area contributed by atoms with Gasteiger partial charge in [-0.15, -0.1) is 11.3 Å². The highest BCUT2D eigenvalue weighted by Gasteiger charge is 2.48. The minimum absolute atomic E-state index is 0.0390. The molecule has 0 aromatic carbocycles. The van der Waals surface area contributed by atoms with E-state index in [0.29, 0.717) is 24.3 Å². The third-order valence-corrected chi connectivity index (χ3v) is 8.13. The van der Waals surface area contributed by atoms with E-state index in [4.69, 9.17) is 10.00 Å². The first-order valence-corrected chi connectivity index (χ1v) is 13.9. The van der Waals surface area contributed by atoms with Crippen LogP contribution in [0, 0.1) is 23.2 Å². The summed E-state index contributed by atoms with van der Waals surface area (Å²) in [6, 6.07) is 0.196. The first kappa shape index (κ1) is 30.2. The Hall–Kier alpha value is -3.77. The molecule has 4 rings (SSSR count). The second-order valence-corrected chi connectivity index (χ2v) is 11.1. The van der Waals surface area contributed by atoms with Crippen molar-refractivity contribution in [2.24, 2.45) is 11.8 Å². The van der Waals surface area contributed by atoms with Crippen LogP contribution in [0.5, 0.6) is 0 Å². The summed E-state index contributed by atoms with van der Waals surface area (Å²) in [5.41, 5.74) is 0.450. The molecule has 0 bridgehead atoms. The van der Waals surface area contributed by atoms with E-state index in [-0.39, 0.29) is 29.0 Å². The lowest BCUT2D eigenvalue weighted by Gasteiger charge is -2.32. The van der Waals surface area contributed by atoms with E-state index in [0.717, 1.165) is 29.1 Å². The molecule has 1 saturated heterocycles. The number of halogens is 3. The van der Waals surface area contributed by atoms with Crippen molar-refractivity contribution in [2.45, 2.75) is 56.9 Å². The molecule has 3 atom stereocenters. The van der Waals surface area contributed by atoms with Gasteiger partial charge < -0.3 is 25.6 Å². The maximum atomic E-state index is 13.5. The molecular weight excluding hydrogens is 563 g/mol. The Morgan fingerprint density at radius 1 is 1.32 bits per heavy atom. The van der Waals surface area contributed by atoms with Gasteiger partial charge in [0.05, 0.1) is 19.2 Å². The zero-order chi connectivity index (χ0) is 29.7.